The molecule has 7 N–H and O–H groups in total. The van der Waals surface area contributed by atoms with Crippen molar-refractivity contribution in [3.63, 3.8) is 0 Å². The summed E-state index contributed by atoms with van der Waals surface area (Å²) in [5.41, 5.74) is 11.3. The number of ketones is 1. The number of rotatable bonds is 13. The topological polar surface area (TPSA) is 212 Å². The number of carbonyl (C=O) groups excluding carboxylic acids is 2. The van der Waals surface area contributed by atoms with Crippen LogP contribution in [0.1, 0.15) is 33.0 Å². The highest BCUT2D eigenvalue weighted by atomic mass is 127. The summed E-state index contributed by atoms with van der Waals surface area (Å²) < 4.78 is 29.9. The van der Waals surface area contributed by atoms with Crippen molar-refractivity contribution < 1.29 is 22.8 Å². The zero-order chi connectivity index (χ0) is 31.1. The number of anilines is 1. The predicted octanol–water partition coefficient (Wildman–Crippen LogP) is 2.34. The number of hydrogen-bond donors (Lipinski definition) is 5. The Morgan fingerprint density at radius 1 is 1.14 bits per heavy atom. The Bertz CT molecular complexity index is 1820. The van der Waals surface area contributed by atoms with Crippen molar-refractivity contribution in [2.75, 3.05) is 11.3 Å². The van der Waals surface area contributed by atoms with Crippen molar-refractivity contribution in [3.8, 4) is 0 Å². The Labute approximate surface area is 264 Å². The number of nitrogens with zero attached hydrogens (tertiary/aromatic N) is 2. The summed E-state index contributed by atoms with van der Waals surface area (Å²) in [5, 5.41) is 6.30. The number of pyridine rings is 1. The number of aromatic amines is 1. The highest BCUT2D eigenvalue weighted by Gasteiger charge is 2.27. The summed E-state index contributed by atoms with van der Waals surface area (Å²) in [6.45, 7) is 1.50. The van der Waals surface area contributed by atoms with Crippen molar-refractivity contribution in [1.29, 1.82) is 0 Å². The molecule has 0 fully saturated rings. The average Bonchev–Trinajstić information content (AvgIpc) is 3.37. The minimum absolute atomic E-state index is 0.000870. The van der Waals surface area contributed by atoms with E-state index in [1.54, 1.807) is 43.3 Å². The van der Waals surface area contributed by atoms with E-state index in [9.17, 15) is 22.8 Å². The van der Waals surface area contributed by atoms with Gasteiger partial charge in [-0.2, -0.15) is 0 Å². The van der Waals surface area contributed by atoms with Crippen LogP contribution in [-0.2, 0) is 31.8 Å². The van der Waals surface area contributed by atoms with E-state index in [1.807, 2.05) is 34.7 Å². The molecule has 226 valence electrons. The highest BCUT2D eigenvalue weighted by Crippen LogP contribution is 2.23. The molecule has 4 rings (SSSR count). The van der Waals surface area contributed by atoms with Gasteiger partial charge < -0.3 is 26.6 Å². The van der Waals surface area contributed by atoms with Gasteiger partial charge in [0.15, 0.2) is 5.01 Å². The number of hydrogen-bond acceptors (Lipinski definition) is 9. The summed E-state index contributed by atoms with van der Waals surface area (Å²) in [6.07, 6.45) is -0.398. The number of benzene rings is 2. The number of oxime groups is 1. The van der Waals surface area contributed by atoms with Crippen LogP contribution in [0.25, 0.3) is 10.2 Å². The Hall–Kier alpha value is -4.03. The molecule has 43 heavy (non-hydrogen) atoms. The predicted molar refractivity (Wildman–Crippen MR) is 173 cm³/mol. The van der Waals surface area contributed by atoms with Crippen LogP contribution < -0.4 is 27.1 Å². The summed E-state index contributed by atoms with van der Waals surface area (Å²) >= 11 is 3.21. The molecule has 0 aliphatic heterocycles. The number of amides is 1. The standard InChI is InChI=1S/C27H28IN7O6S2/c1-15-12-17(23(25(38)31-15)35-43(39,40)14-16-6-2-3-7-18(16)28)13-22(36)32-20(10-11-41-34-27(29)30)24(37)26-33-19-8-4-5-9-21(19)42-26/h2-9,12,20,35H,10-11,13-14H2,1H3,(H,31,38)(H,32,36)(H4,29,30,34)/t20-/m0/s1. The van der Waals surface area contributed by atoms with Gasteiger partial charge in [-0.25, -0.2) is 13.4 Å². The van der Waals surface area contributed by atoms with E-state index in [2.05, 4.69) is 25.2 Å². The zero-order valence-electron chi connectivity index (χ0n) is 22.8. The molecule has 2 heterocycles. The Morgan fingerprint density at radius 2 is 1.86 bits per heavy atom. The first-order chi connectivity index (χ1) is 20.4. The number of nitrogens with two attached hydrogens (primary N) is 2. The van der Waals surface area contributed by atoms with Crippen molar-refractivity contribution in [1.82, 2.24) is 15.3 Å². The van der Waals surface area contributed by atoms with Gasteiger partial charge in [0.05, 0.1) is 28.4 Å². The monoisotopic (exact) mass is 737 g/mol. The molecule has 1 atom stereocenters. The van der Waals surface area contributed by atoms with Crippen molar-refractivity contribution in [2.24, 2.45) is 16.6 Å². The number of sulfonamides is 1. The summed E-state index contributed by atoms with van der Waals surface area (Å²) in [6, 6.07) is 14.6. The number of fused-ring (bicyclic) bond motifs is 1. The second-order valence-electron chi connectivity index (χ2n) is 9.42. The Kier molecular flexibility index (Phi) is 10.4. The first kappa shape index (κ1) is 31.9. The van der Waals surface area contributed by atoms with Crippen LogP contribution in [0.5, 0.6) is 0 Å². The van der Waals surface area contributed by atoms with Crippen molar-refractivity contribution in [2.45, 2.75) is 31.6 Å². The molecular weight excluding hydrogens is 709 g/mol. The molecule has 0 radical (unpaired) electrons. The number of aryl methyl sites for hydroxylation is 1. The van der Waals surface area contributed by atoms with Gasteiger partial charge in [-0.3, -0.25) is 19.1 Å². The van der Waals surface area contributed by atoms with Crippen molar-refractivity contribution in [3.05, 3.63) is 90.3 Å². The normalized spacial score (nSPS) is 12.0. The number of para-hydroxylation sites is 1. The molecule has 0 aliphatic carbocycles. The first-order valence-electron chi connectivity index (χ1n) is 12.8. The fourth-order valence-corrected chi connectivity index (χ4v) is 7.19. The van der Waals surface area contributed by atoms with E-state index in [1.165, 1.54) is 17.4 Å². The lowest BCUT2D eigenvalue weighted by molar-refractivity contribution is -0.121. The van der Waals surface area contributed by atoms with E-state index in [4.69, 9.17) is 16.3 Å². The quantitative estimate of drug-likeness (QED) is 0.0340. The molecule has 0 bridgehead atoms. The van der Waals surface area contributed by atoms with E-state index < -0.39 is 39.7 Å². The maximum absolute atomic E-state index is 13.4. The molecule has 0 spiro atoms. The Balaban J connectivity index is 1.56. The molecule has 2 aromatic heterocycles. The fraction of sp³-hybridized carbons (Fsp3) is 0.222. The molecular formula is C27H28IN7O6S2. The number of Topliss-reactive ketones (excluding diaryl/α,β-unsaturated/α-hetero) is 1. The largest absolute Gasteiger partial charge is 0.393 e. The zero-order valence-corrected chi connectivity index (χ0v) is 26.6. The lowest BCUT2D eigenvalue weighted by Gasteiger charge is -2.17. The van der Waals surface area contributed by atoms with E-state index in [0.717, 1.165) is 8.27 Å². The first-order valence-corrected chi connectivity index (χ1v) is 16.3. The lowest BCUT2D eigenvalue weighted by Crippen LogP contribution is -2.42. The van der Waals surface area contributed by atoms with Crippen LogP contribution in [0.2, 0.25) is 0 Å². The summed E-state index contributed by atoms with van der Waals surface area (Å²) in [4.78, 5) is 51.5. The number of carbonyl (C=O) groups is 2. The molecule has 16 heteroatoms. The number of guanidine groups is 1. The van der Waals surface area contributed by atoms with Gasteiger partial charge in [0, 0.05) is 15.7 Å². The SMILES string of the molecule is Cc1cc(CC(=O)N[C@@H](CCON=C(N)N)C(=O)c2nc3ccccc3s2)c(NS(=O)(=O)Cc2ccccc2I)c(=O)[nH]1. The van der Waals surface area contributed by atoms with Gasteiger partial charge in [-0.1, -0.05) is 30.3 Å². The molecule has 0 saturated carbocycles. The van der Waals surface area contributed by atoms with Crippen LogP contribution in [0.15, 0.2) is 64.5 Å². The molecule has 4 aromatic rings. The van der Waals surface area contributed by atoms with Gasteiger partial charge in [0.1, 0.15) is 12.3 Å². The molecule has 1 amide bonds. The fourth-order valence-electron chi connectivity index (χ4n) is 4.12. The van der Waals surface area contributed by atoms with Gasteiger partial charge >= 0.3 is 0 Å². The summed E-state index contributed by atoms with van der Waals surface area (Å²) in [5.74, 6) is -1.77. The molecule has 0 saturated heterocycles. The van der Waals surface area contributed by atoms with Crippen LogP contribution in [-0.4, -0.2) is 48.7 Å². The van der Waals surface area contributed by atoms with Gasteiger partial charge in [-0.05, 0) is 70.1 Å². The number of aromatic nitrogens is 2. The van der Waals surface area contributed by atoms with E-state index >= 15 is 0 Å². The van der Waals surface area contributed by atoms with Crippen LogP contribution in [0, 0.1) is 10.5 Å². The van der Waals surface area contributed by atoms with Gasteiger partial charge in [-0.15, -0.1) is 11.3 Å². The van der Waals surface area contributed by atoms with Crippen LogP contribution in [0.3, 0.4) is 0 Å². The second-order valence-corrected chi connectivity index (χ2v) is 13.3. The highest BCUT2D eigenvalue weighted by molar-refractivity contribution is 14.1. The second kappa shape index (κ2) is 14.0. The Morgan fingerprint density at radius 3 is 2.58 bits per heavy atom. The van der Waals surface area contributed by atoms with Gasteiger partial charge in [0.25, 0.3) is 5.56 Å². The minimum Gasteiger partial charge on any atom is -0.393 e. The number of thiazole rings is 1. The third-order valence-electron chi connectivity index (χ3n) is 5.99. The number of halogens is 1. The maximum atomic E-state index is 13.4. The maximum Gasteiger partial charge on any atom is 0.272 e. The molecule has 2 aromatic carbocycles. The third kappa shape index (κ3) is 8.74. The number of H-pyrrole nitrogens is 1. The summed E-state index contributed by atoms with van der Waals surface area (Å²) in [7, 11) is -4.03. The van der Waals surface area contributed by atoms with Crippen molar-refractivity contribution >= 4 is 77.5 Å². The van der Waals surface area contributed by atoms with E-state index in [0.29, 0.717) is 16.8 Å². The molecule has 0 aliphatic rings. The van der Waals surface area contributed by atoms with Gasteiger partial charge in [0.2, 0.25) is 27.7 Å². The molecule has 0 unspecified atom stereocenters. The van der Waals surface area contributed by atoms with Crippen LogP contribution in [0.4, 0.5) is 5.69 Å². The van der Waals surface area contributed by atoms with E-state index in [-0.39, 0.29) is 41.0 Å². The average molecular weight is 738 g/mol. The third-order valence-corrected chi connectivity index (χ3v) is 9.30. The van der Waals surface area contributed by atoms with Crippen LogP contribution >= 0.6 is 33.9 Å². The number of nitrogens with one attached hydrogen (secondary N) is 3. The minimum atomic E-state index is -4.03. The molecule has 13 nitrogen and oxygen atoms in total. The lowest BCUT2D eigenvalue weighted by atomic mass is 10.1. The smallest absolute Gasteiger partial charge is 0.272 e.